The molecule has 0 saturated carbocycles. The van der Waals surface area contributed by atoms with Gasteiger partial charge in [0, 0.05) is 31.0 Å². The van der Waals surface area contributed by atoms with E-state index in [9.17, 15) is 4.79 Å². The SMILES string of the molecule is Cc1ccc(C)c(CN(C)CC(=O)Nc2ccc(N3CCOCC3)cc2)c1. The Kier molecular flexibility index (Phi) is 6.48. The summed E-state index contributed by atoms with van der Waals surface area (Å²) in [7, 11) is 1.98. The molecule has 0 radical (unpaired) electrons. The minimum atomic E-state index is 0.00179. The lowest BCUT2D eigenvalue weighted by atomic mass is 10.1. The van der Waals surface area contributed by atoms with Crippen molar-refractivity contribution in [1.82, 2.24) is 4.90 Å². The Labute approximate surface area is 161 Å². The number of benzene rings is 2. The van der Waals surface area contributed by atoms with Crippen LogP contribution in [0.5, 0.6) is 0 Å². The van der Waals surface area contributed by atoms with E-state index in [0.29, 0.717) is 6.54 Å². The summed E-state index contributed by atoms with van der Waals surface area (Å²) in [6, 6.07) is 14.5. The number of anilines is 2. The van der Waals surface area contributed by atoms with Gasteiger partial charge in [-0.25, -0.2) is 0 Å². The molecular formula is C22H29N3O2. The highest BCUT2D eigenvalue weighted by Gasteiger charge is 2.12. The molecule has 27 heavy (non-hydrogen) atoms. The maximum atomic E-state index is 12.4. The fourth-order valence-electron chi connectivity index (χ4n) is 3.34. The molecule has 5 heteroatoms. The summed E-state index contributed by atoms with van der Waals surface area (Å²) in [5.41, 5.74) is 5.76. The van der Waals surface area contributed by atoms with Gasteiger partial charge < -0.3 is 15.0 Å². The highest BCUT2D eigenvalue weighted by molar-refractivity contribution is 5.92. The molecule has 1 heterocycles. The van der Waals surface area contributed by atoms with E-state index in [4.69, 9.17) is 4.74 Å². The topological polar surface area (TPSA) is 44.8 Å². The standard InChI is InChI=1S/C22H29N3O2/c1-17-4-5-18(2)19(14-17)15-24(3)16-22(26)23-20-6-8-21(9-7-20)25-10-12-27-13-11-25/h4-9,14H,10-13,15-16H2,1-3H3,(H,23,26). The zero-order valence-corrected chi connectivity index (χ0v) is 16.5. The van der Waals surface area contributed by atoms with Crippen molar-refractivity contribution >= 4 is 17.3 Å². The minimum Gasteiger partial charge on any atom is -0.378 e. The van der Waals surface area contributed by atoms with Gasteiger partial charge in [0.25, 0.3) is 0 Å². The van der Waals surface area contributed by atoms with Crippen molar-refractivity contribution in [3.8, 4) is 0 Å². The molecule has 1 aliphatic heterocycles. The predicted molar refractivity (Wildman–Crippen MR) is 110 cm³/mol. The van der Waals surface area contributed by atoms with E-state index in [0.717, 1.165) is 38.5 Å². The molecule has 0 spiro atoms. The summed E-state index contributed by atoms with van der Waals surface area (Å²) in [5.74, 6) is 0.00179. The maximum Gasteiger partial charge on any atom is 0.238 e. The number of rotatable bonds is 6. The van der Waals surface area contributed by atoms with Gasteiger partial charge in [0.2, 0.25) is 5.91 Å². The third-order valence-electron chi connectivity index (χ3n) is 4.89. The average molecular weight is 367 g/mol. The molecule has 0 atom stereocenters. The Morgan fingerprint density at radius 2 is 1.81 bits per heavy atom. The number of carbonyl (C=O) groups is 1. The Balaban J connectivity index is 1.51. The third kappa shape index (κ3) is 5.55. The number of amides is 1. The Hall–Kier alpha value is -2.37. The van der Waals surface area contributed by atoms with Crippen LogP contribution < -0.4 is 10.2 Å². The highest BCUT2D eigenvalue weighted by Crippen LogP contribution is 2.19. The van der Waals surface area contributed by atoms with Crippen molar-refractivity contribution < 1.29 is 9.53 Å². The van der Waals surface area contributed by atoms with Gasteiger partial charge in [0.1, 0.15) is 0 Å². The zero-order chi connectivity index (χ0) is 19.2. The van der Waals surface area contributed by atoms with Crippen LogP contribution in [0.4, 0.5) is 11.4 Å². The lowest BCUT2D eigenvalue weighted by Crippen LogP contribution is -2.36. The van der Waals surface area contributed by atoms with Crippen LogP contribution in [0, 0.1) is 13.8 Å². The van der Waals surface area contributed by atoms with Gasteiger partial charge in [-0.3, -0.25) is 9.69 Å². The molecule has 144 valence electrons. The normalized spacial score (nSPS) is 14.4. The van der Waals surface area contributed by atoms with Gasteiger partial charge in [-0.1, -0.05) is 23.8 Å². The summed E-state index contributed by atoms with van der Waals surface area (Å²) in [6.45, 7) is 8.69. The summed E-state index contributed by atoms with van der Waals surface area (Å²) in [4.78, 5) is 16.7. The molecular weight excluding hydrogens is 338 g/mol. The maximum absolute atomic E-state index is 12.4. The number of nitrogens with zero attached hydrogens (tertiary/aromatic N) is 2. The van der Waals surface area contributed by atoms with Crippen molar-refractivity contribution in [2.24, 2.45) is 0 Å². The molecule has 2 aromatic carbocycles. The second-order valence-corrected chi connectivity index (χ2v) is 7.30. The molecule has 0 aliphatic carbocycles. The molecule has 2 aromatic rings. The molecule has 1 aliphatic rings. The summed E-state index contributed by atoms with van der Waals surface area (Å²) in [6.07, 6.45) is 0. The van der Waals surface area contributed by atoms with Gasteiger partial charge >= 0.3 is 0 Å². The molecule has 0 bridgehead atoms. The van der Waals surface area contributed by atoms with Crippen molar-refractivity contribution in [2.45, 2.75) is 20.4 Å². The first-order valence-electron chi connectivity index (χ1n) is 9.48. The fourth-order valence-corrected chi connectivity index (χ4v) is 3.34. The van der Waals surface area contributed by atoms with Crippen LogP contribution in [0.1, 0.15) is 16.7 Å². The Morgan fingerprint density at radius 1 is 1.11 bits per heavy atom. The van der Waals surface area contributed by atoms with E-state index < -0.39 is 0 Å². The van der Waals surface area contributed by atoms with E-state index in [-0.39, 0.29) is 5.91 Å². The zero-order valence-electron chi connectivity index (χ0n) is 16.5. The van der Waals surface area contributed by atoms with Gasteiger partial charge in [-0.05, 0) is 56.3 Å². The van der Waals surface area contributed by atoms with Gasteiger partial charge in [-0.15, -0.1) is 0 Å². The molecule has 1 N–H and O–H groups in total. The van der Waals surface area contributed by atoms with Crippen molar-refractivity contribution in [3.63, 3.8) is 0 Å². The highest BCUT2D eigenvalue weighted by atomic mass is 16.5. The van der Waals surface area contributed by atoms with Crippen LogP contribution >= 0.6 is 0 Å². The van der Waals surface area contributed by atoms with Crippen molar-refractivity contribution in [3.05, 3.63) is 59.2 Å². The van der Waals surface area contributed by atoms with Gasteiger partial charge in [-0.2, -0.15) is 0 Å². The number of morpholine rings is 1. The second-order valence-electron chi connectivity index (χ2n) is 7.30. The first kappa shape index (κ1) is 19.4. The first-order chi connectivity index (χ1) is 13.0. The van der Waals surface area contributed by atoms with Crippen LogP contribution in [-0.2, 0) is 16.1 Å². The van der Waals surface area contributed by atoms with Crippen LogP contribution in [0.2, 0.25) is 0 Å². The molecule has 5 nitrogen and oxygen atoms in total. The largest absolute Gasteiger partial charge is 0.378 e. The predicted octanol–water partition coefficient (Wildman–Crippen LogP) is 3.21. The van der Waals surface area contributed by atoms with E-state index in [1.54, 1.807) is 0 Å². The van der Waals surface area contributed by atoms with E-state index >= 15 is 0 Å². The van der Waals surface area contributed by atoms with Gasteiger partial charge in [0.05, 0.1) is 19.8 Å². The number of carbonyl (C=O) groups excluding carboxylic acids is 1. The summed E-state index contributed by atoms with van der Waals surface area (Å²) < 4.78 is 5.39. The fraction of sp³-hybridized carbons (Fsp3) is 0.409. The quantitative estimate of drug-likeness (QED) is 0.852. The van der Waals surface area contributed by atoms with Crippen LogP contribution in [-0.4, -0.2) is 50.7 Å². The van der Waals surface area contributed by atoms with Crippen molar-refractivity contribution in [1.29, 1.82) is 0 Å². The molecule has 0 aromatic heterocycles. The number of aryl methyl sites for hydroxylation is 2. The number of hydrogen-bond donors (Lipinski definition) is 1. The number of likely N-dealkylation sites (N-methyl/N-ethyl adjacent to an activating group) is 1. The second kappa shape index (κ2) is 9.02. The summed E-state index contributed by atoms with van der Waals surface area (Å²) in [5, 5.41) is 2.99. The lowest BCUT2D eigenvalue weighted by molar-refractivity contribution is -0.117. The van der Waals surface area contributed by atoms with Crippen molar-refractivity contribution in [2.75, 3.05) is 50.1 Å². The number of ether oxygens (including phenoxy) is 1. The molecule has 1 amide bonds. The number of nitrogens with one attached hydrogen (secondary N) is 1. The molecule has 1 saturated heterocycles. The lowest BCUT2D eigenvalue weighted by Gasteiger charge is -2.28. The van der Waals surface area contributed by atoms with Crippen LogP contribution in [0.15, 0.2) is 42.5 Å². The number of hydrogen-bond acceptors (Lipinski definition) is 4. The molecule has 3 rings (SSSR count). The van der Waals surface area contributed by atoms with E-state index in [1.807, 2.05) is 24.1 Å². The first-order valence-corrected chi connectivity index (χ1v) is 9.48. The van der Waals surface area contributed by atoms with E-state index in [1.165, 1.54) is 22.4 Å². The summed E-state index contributed by atoms with van der Waals surface area (Å²) >= 11 is 0. The molecule has 0 unspecified atom stereocenters. The smallest absolute Gasteiger partial charge is 0.238 e. The van der Waals surface area contributed by atoms with Gasteiger partial charge in [0.15, 0.2) is 0 Å². The monoisotopic (exact) mass is 367 g/mol. The third-order valence-corrected chi connectivity index (χ3v) is 4.89. The Morgan fingerprint density at radius 3 is 2.52 bits per heavy atom. The minimum absolute atomic E-state index is 0.00179. The van der Waals surface area contributed by atoms with Crippen LogP contribution in [0.3, 0.4) is 0 Å². The molecule has 1 fully saturated rings. The van der Waals surface area contributed by atoms with E-state index in [2.05, 4.69) is 54.4 Å². The Bertz CT molecular complexity index is 768. The van der Waals surface area contributed by atoms with Crippen LogP contribution in [0.25, 0.3) is 0 Å². The average Bonchev–Trinajstić information content (AvgIpc) is 2.66.